The number of carbonyl (C=O) groups is 1. The van der Waals surface area contributed by atoms with Gasteiger partial charge in [0.05, 0.1) is 0 Å². The van der Waals surface area contributed by atoms with E-state index in [-0.39, 0.29) is 11.4 Å². The Hall–Kier alpha value is -0.570. The van der Waals surface area contributed by atoms with Gasteiger partial charge in [0.1, 0.15) is 0 Å². The van der Waals surface area contributed by atoms with Crippen molar-refractivity contribution in [2.75, 3.05) is 6.54 Å². The van der Waals surface area contributed by atoms with Gasteiger partial charge in [-0.2, -0.15) is 0 Å². The number of rotatable bonds is 4. The molecule has 2 N–H and O–H groups in total. The van der Waals surface area contributed by atoms with Gasteiger partial charge in [-0.25, -0.2) is 0 Å². The van der Waals surface area contributed by atoms with Crippen LogP contribution in [-0.2, 0) is 4.79 Å². The molecule has 0 atom stereocenters. The summed E-state index contributed by atoms with van der Waals surface area (Å²) in [4.78, 5) is 12.2. The summed E-state index contributed by atoms with van der Waals surface area (Å²) in [7, 11) is 0. The number of carbonyl (C=O) groups excluding carboxylic acids is 1. The molecule has 4 bridgehead atoms. The maximum absolute atomic E-state index is 12.2. The van der Waals surface area contributed by atoms with Gasteiger partial charge < -0.3 is 10.6 Å². The fourth-order valence-corrected chi connectivity index (χ4v) is 4.97. The average Bonchev–Trinajstić information content (AvgIpc) is 2.31. The van der Waals surface area contributed by atoms with Gasteiger partial charge in [-0.3, -0.25) is 4.79 Å². The molecule has 4 fully saturated rings. The van der Waals surface area contributed by atoms with Crippen molar-refractivity contribution in [3.05, 3.63) is 0 Å². The van der Waals surface area contributed by atoms with Gasteiger partial charge in [-0.15, -0.1) is 0 Å². The van der Waals surface area contributed by atoms with Crippen LogP contribution >= 0.6 is 0 Å². The molecule has 0 saturated heterocycles. The molecule has 1 amide bonds. The molecule has 0 aromatic rings. The fourth-order valence-electron chi connectivity index (χ4n) is 4.97. The minimum Gasteiger partial charge on any atom is -0.353 e. The molecule has 3 heteroatoms. The molecule has 114 valence electrons. The van der Waals surface area contributed by atoms with Crippen LogP contribution in [0.3, 0.4) is 0 Å². The minimum absolute atomic E-state index is 0.100. The highest BCUT2D eigenvalue weighted by atomic mass is 16.1. The van der Waals surface area contributed by atoms with Crippen LogP contribution in [0.15, 0.2) is 0 Å². The predicted molar refractivity (Wildman–Crippen MR) is 81.3 cm³/mol. The maximum atomic E-state index is 12.2. The van der Waals surface area contributed by atoms with E-state index in [0.29, 0.717) is 12.5 Å². The Morgan fingerprint density at radius 3 is 2.05 bits per heavy atom. The lowest BCUT2D eigenvalue weighted by Gasteiger charge is -2.54. The Morgan fingerprint density at radius 1 is 1.00 bits per heavy atom. The third kappa shape index (κ3) is 3.19. The molecule has 0 heterocycles. The summed E-state index contributed by atoms with van der Waals surface area (Å²) in [6, 6.07) is 0.491. The van der Waals surface area contributed by atoms with Gasteiger partial charge in [0, 0.05) is 24.5 Å². The monoisotopic (exact) mass is 278 g/mol. The molecule has 20 heavy (non-hydrogen) atoms. The zero-order valence-corrected chi connectivity index (χ0v) is 13.2. The second kappa shape index (κ2) is 5.32. The summed E-state index contributed by atoms with van der Waals surface area (Å²) in [5, 5.41) is 6.76. The van der Waals surface area contributed by atoms with Crippen LogP contribution in [-0.4, -0.2) is 24.0 Å². The number of amides is 1. The summed E-state index contributed by atoms with van der Waals surface area (Å²) in [6.07, 6.45) is 7.58. The van der Waals surface area contributed by atoms with E-state index in [1.165, 1.54) is 32.1 Å². The van der Waals surface area contributed by atoms with Crippen molar-refractivity contribution in [2.24, 2.45) is 23.7 Å². The zero-order valence-electron chi connectivity index (χ0n) is 13.2. The van der Waals surface area contributed by atoms with E-state index in [0.717, 1.165) is 30.2 Å². The van der Waals surface area contributed by atoms with Crippen LogP contribution in [0.2, 0.25) is 0 Å². The topological polar surface area (TPSA) is 41.1 Å². The molecular weight excluding hydrogens is 248 g/mol. The average molecular weight is 278 g/mol. The van der Waals surface area contributed by atoms with Crippen molar-refractivity contribution in [3.63, 3.8) is 0 Å². The van der Waals surface area contributed by atoms with Crippen molar-refractivity contribution in [2.45, 2.75) is 70.9 Å². The van der Waals surface area contributed by atoms with Crippen LogP contribution in [0.5, 0.6) is 0 Å². The minimum atomic E-state index is 0.100. The summed E-state index contributed by atoms with van der Waals surface area (Å²) >= 11 is 0. The molecule has 4 aliphatic carbocycles. The van der Waals surface area contributed by atoms with Crippen molar-refractivity contribution >= 4 is 5.91 Å². The fraction of sp³-hybridized carbons (Fsp3) is 0.941. The smallest absolute Gasteiger partial charge is 0.221 e. The highest BCUT2D eigenvalue weighted by molar-refractivity contribution is 5.76. The van der Waals surface area contributed by atoms with E-state index in [4.69, 9.17) is 0 Å². The second-order valence-electron chi connectivity index (χ2n) is 8.45. The largest absolute Gasteiger partial charge is 0.353 e. The lowest BCUT2D eigenvalue weighted by Crippen LogP contribution is -2.56. The number of hydrogen-bond acceptors (Lipinski definition) is 2. The molecule has 3 nitrogen and oxygen atoms in total. The van der Waals surface area contributed by atoms with Gasteiger partial charge >= 0.3 is 0 Å². The molecular formula is C17H30N2O. The zero-order chi connectivity index (χ0) is 14.3. The van der Waals surface area contributed by atoms with Gasteiger partial charge in [-0.05, 0) is 76.5 Å². The van der Waals surface area contributed by atoms with Crippen LogP contribution in [0.25, 0.3) is 0 Å². The third-order valence-corrected chi connectivity index (χ3v) is 5.56. The highest BCUT2D eigenvalue weighted by Crippen LogP contribution is 2.53. The third-order valence-electron chi connectivity index (χ3n) is 5.56. The lowest BCUT2D eigenvalue weighted by molar-refractivity contribution is -0.125. The summed E-state index contributed by atoms with van der Waals surface area (Å²) in [5.74, 6) is 3.78. The number of hydrogen-bond donors (Lipinski definition) is 2. The van der Waals surface area contributed by atoms with E-state index in [1.54, 1.807) is 0 Å². The molecule has 4 saturated carbocycles. The van der Waals surface area contributed by atoms with Crippen molar-refractivity contribution in [1.29, 1.82) is 0 Å². The first kappa shape index (κ1) is 14.4. The number of nitrogens with one attached hydrogen (secondary N) is 2. The van der Waals surface area contributed by atoms with Gasteiger partial charge in [0.2, 0.25) is 5.91 Å². The van der Waals surface area contributed by atoms with Crippen LogP contribution in [0.4, 0.5) is 0 Å². The Bertz CT molecular complexity index is 344. The van der Waals surface area contributed by atoms with Gasteiger partial charge in [-0.1, -0.05) is 0 Å². The van der Waals surface area contributed by atoms with E-state index >= 15 is 0 Å². The first-order valence-corrected chi connectivity index (χ1v) is 8.45. The van der Waals surface area contributed by atoms with Gasteiger partial charge in [0.25, 0.3) is 0 Å². The standard InChI is InChI=1S/C17H30N2O/c1-17(2,3)18-5-4-15(20)19-16-13-7-11-6-12(9-13)10-14(16)8-11/h11-14,16,18H,4-10H2,1-3H3,(H,19,20). The van der Waals surface area contributed by atoms with Crippen LogP contribution < -0.4 is 10.6 Å². The molecule has 0 unspecified atom stereocenters. The Labute approximate surface area is 123 Å². The normalized spacial score (nSPS) is 39.0. The molecule has 0 aromatic carbocycles. The van der Waals surface area contributed by atoms with Crippen molar-refractivity contribution < 1.29 is 4.79 Å². The summed E-state index contributed by atoms with van der Waals surface area (Å²) < 4.78 is 0. The van der Waals surface area contributed by atoms with Crippen LogP contribution in [0.1, 0.15) is 59.3 Å². The summed E-state index contributed by atoms with van der Waals surface area (Å²) in [5.41, 5.74) is 0.100. The Morgan fingerprint density at radius 2 is 1.55 bits per heavy atom. The Kier molecular flexibility index (Phi) is 3.83. The first-order chi connectivity index (χ1) is 9.40. The highest BCUT2D eigenvalue weighted by Gasteiger charge is 2.48. The molecule has 0 aromatic heterocycles. The van der Waals surface area contributed by atoms with E-state index in [1.807, 2.05) is 0 Å². The first-order valence-electron chi connectivity index (χ1n) is 8.45. The quantitative estimate of drug-likeness (QED) is 0.830. The molecule has 0 radical (unpaired) electrons. The van der Waals surface area contributed by atoms with E-state index in [2.05, 4.69) is 31.4 Å². The lowest BCUT2D eigenvalue weighted by atomic mass is 9.54. The van der Waals surface area contributed by atoms with E-state index in [9.17, 15) is 4.79 Å². The Balaban J connectivity index is 1.47. The SMILES string of the molecule is CC(C)(C)NCCC(=O)NC1C2CC3CC(C2)CC1C3. The molecule has 0 spiro atoms. The van der Waals surface area contributed by atoms with Crippen molar-refractivity contribution in [1.82, 2.24) is 10.6 Å². The van der Waals surface area contributed by atoms with Gasteiger partial charge in [0.15, 0.2) is 0 Å². The van der Waals surface area contributed by atoms with E-state index < -0.39 is 0 Å². The predicted octanol–water partition coefficient (Wildman–Crippen LogP) is 2.71. The second-order valence-corrected chi connectivity index (χ2v) is 8.45. The summed E-state index contributed by atoms with van der Waals surface area (Å²) in [6.45, 7) is 7.21. The van der Waals surface area contributed by atoms with Crippen molar-refractivity contribution in [3.8, 4) is 0 Å². The maximum Gasteiger partial charge on any atom is 0.221 e. The molecule has 4 aliphatic rings. The molecule has 4 rings (SSSR count). The molecule has 0 aliphatic heterocycles. The van der Waals surface area contributed by atoms with Crippen LogP contribution in [0, 0.1) is 23.7 Å².